The predicted molar refractivity (Wildman–Crippen MR) is 127 cm³/mol. The number of rotatable bonds is 9. The van der Waals surface area contributed by atoms with Gasteiger partial charge in [0.2, 0.25) is 0 Å². The van der Waals surface area contributed by atoms with Crippen molar-refractivity contribution in [2.24, 2.45) is 10.7 Å². The summed E-state index contributed by atoms with van der Waals surface area (Å²) in [6, 6.07) is 6.13. The molecule has 0 radical (unpaired) electrons. The molecule has 2 amide bonds. The van der Waals surface area contributed by atoms with E-state index in [9.17, 15) is 21.6 Å². The van der Waals surface area contributed by atoms with Crippen molar-refractivity contribution < 1.29 is 26.0 Å². The zero-order valence-corrected chi connectivity index (χ0v) is 21.0. The summed E-state index contributed by atoms with van der Waals surface area (Å²) in [5.74, 6) is 3.08. The number of amidine groups is 1. The third-order valence-electron chi connectivity index (χ3n) is 4.10. The number of primary amides is 1. The Morgan fingerprint density at radius 1 is 1.27 bits per heavy atom. The molecule has 0 bridgehead atoms. The van der Waals surface area contributed by atoms with Gasteiger partial charge in [-0.15, -0.1) is 0 Å². The third-order valence-corrected chi connectivity index (χ3v) is 9.05. The Labute approximate surface area is 200 Å². The number of nitrogens with two attached hydrogens (primary N) is 1. The SMILES string of the molecule is CN(C)Cc1ccc(CSCCN=C2NS(=O)(=O)c3cc(S(=O)(=O)NC(N)=O)ccc3S2)o1. The van der Waals surface area contributed by atoms with Crippen LogP contribution in [-0.4, -0.2) is 59.3 Å². The molecule has 0 spiro atoms. The molecule has 0 saturated heterocycles. The first-order valence-corrected chi connectivity index (χ1v) is 14.4. The molecule has 180 valence electrons. The number of nitrogens with zero attached hydrogens (tertiary/aromatic N) is 2. The van der Waals surface area contributed by atoms with Gasteiger partial charge in [0, 0.05) is 10.6 Å². The van der Waals surface area contributed by atoms with Crippen LogP contribution >= 0.6 is 23.5 Å². The van der Waals surface area contributed by atoms with Gasteiger partial charge in [-0.3, -0.25) is 9.71 Å². The molecule has 1 aromatic carbocycles. The Hall–Kier alpha value is -2.20. The number of fused-ring (bicyclic) bond motifs is 1. The number of benzene rings is 1. The second kappa shape index (κ2) is 10.4. The lowest BCUT2D eigenvalue weighted by atomic mass is 10.4. The van der Waals surface area contributed by atoms with E-state index in [2.05, 4.69) is 9.71 Å². The van der Waals surface area contributed by atoms with E-state index < -0.39 is 31.0 Å². The van der Waals surface area contributed by atoms with Gasteiger partial charge in [0.25, 0.3) is 20.0 Å². The molecular formula is C18H23N5O6S4. The van der Waals surface area contributed by atoms with Gasteiger partial charge in [-0.1, -0.05) is 11.8 Å². The maximum atomic E-state index is 12.6. The maximum absolute atomic E-state index is 12.6. The van der Waals surface area contributed by atoms with E-state index in [-0.39, 0.29) is 10.1 Å². The number of carbonyl (C=O) groups excluding carboxylic acids is 1. The van der Waals surface area contributed by atoms with Crippen molar-refractivity contribution in [2.75, 3.05) is 26.4 Å². The minimum atomic E-state index is -4.27. The lowest BCUT2D eigenvalue weighted by Gasteiger charge is -2.19. The molecule has 15 heteroatoms. The predicted octanol–water partition coefficient (Wildman–Crippen LogP) is 1.37. The molecule has 4 N–H and O–H groups in total. The number of hydrogen-bond donors (Lipinski definition) is 3. The van der Waals surface area contributed by atoms with Crippen LogP contribution in [0.15, 0.2) is 54.4 Å². The van der Waals surface area contributed by atoms with Crippen molar-refractivity contribution in [3.63, 3.8) is 0 Å². The Morgan fingerprint density at radius 2 is 2.00 bits per heavy atom. The zero-order valence-electron chi connectivity index (χ0n) is 17.8. The van der Waals surface area contributed by atoms with Gasteiger partial charge in [-0.05, 0) is 44.4 Å². The van der Waals surface area contributed by atoms with Crippen LogP contribution in [0.5, 0.6) is 0 Å². The largest absolute Gasteiger partial charge is 0.464 e. The monoisotopic (exact) mass is 533 g/mol. The zero-order chi connectivity index (χ0) is 24.2. The molecular weight excluding hydrogens is 510 g/mol. The van der Waals surface area contributed by atoms with E-state index in [1.807, 2.05) is 31.1 Å². The van der Waals surface area contributed by atoms with Gasteiger partial charge < -0.3 is 15.1 Å². The van der Waals surface area contributed by atoms with Crippen molar-refractivity contribution in [1.29, 1.82) is 0 Å². The summed E-state index contributed by atoms with van der Waals surface area (Å²) in [5.41, 5.74) is 4.86. The second-order valence-corrected chi connectivity index (χ2v) is 12.6. The topological polar surface area (TPSA) is 164 Å². The highest BCUT2D eigenvalue weighted by atomic mass is 32.2. The van der Waals surface area contributed by atoms with Crippen molar-refractivity contribution in [2.45, 2.75) is 27.0 Å². The number of furan rings is 1. The van der Waals surface area contributed by atoms with Gasteiger partial charge in [-0.2, -0.15) is 11.8 Å². The van der Waals surface area contributed by atoms with E-state index in [4.69, 9.17) is 10.2 Å². The highest BCUT2D eigenvalue weighted by Crippen LogP contribution is 2.33. The van der Waals surface area contributed by atoms with Gasteiger partial charge in [0.1, 0.15) is 16.4 Å². The molecule has 3 rings (SSSR count). The van der Waals surface area contributed by atoms with Crippen LogP contribution < -0.4 is 15.2 Å². The summed E-state index contributed by atoms with van der Waals surface area (Å²) in [4.78, 5) is 16.9. The van der Waals surface area contributed by atoms with Crippen LogP contribution in [0.4, 0.5) is 4.79 Å². The highest BCUT2D eigenvalue weighted by Gasteiger charge is 2.30. The molecule has 33 heavy (non-hydrogen) atoms. The van der Waals surface area contributed by atoms with Crippen LogP contribution in [0.3, 0.4) is 0 Å². The average molecular weight is 534 g/mol. The molecule has 2 aromatic rings. The summed E-state index contributed by atoms with van der Waals surface area (Å²) in [6.07, 6.45) is 0. The third kappa shape index (κ3) is 6.89. The molecule has 0 saturated carbocycles. The van der Waals surface area contributed by atoms with E-state index in [0.717, 1.165) is 35.9 Å². The molecule has 0 aliphatic carbocycles. The van der Waals surface area contributed by atoms with Crippen molar-refractivity contribution in [1.82, 2.24) is 14.3 Å². The number of thioether (sulfide) groups is 2. The Bertz CT molecular complexity index is 1270. The van der Waals surface area contributed by atoms with E-state index >= 15 is 0 Å². The first-order chi connectivity index (χ1) is 15.5. The molecule has 11 nitrogen and oxygen atoms in total. The number of urea groups is 1. The summed E-state index contributed by atoms with van der Waals surface area (Å²) in [6.45, 7) is 1.11. The molecule has 1 aliphatic rings. The normalized spacial score (nSPS) is 16.4. The maximum Gasteiger partial charge on any atom is 0.326 e. The fourth-order valence-electron chi connectivity index (χ4n) is 2.78. The van der Waals surface area contributed by atoms with Crippen LogP contribution in [0.25, 0.3) is 0 Å². The first-order valence-electron chi connectivity index (χ1n) is 9.48. The molecule has 1 aromatic heterocycles. The van der Waals surface area contributed by atoms with E-state index in [0.29, 0.717) is 22.9 Å². The number of aliphatic imine (C=N–C) groups is 1. The smallest absolute Gasteiger partial charge is 0.326 e. The summed E-state index contributed by atoms with van der Waals surface area (Å²) in [7, 11) is -4.37. The quantitative estimate of drug-likeness (QED) is 0.404. The van der Waals surface area contributed by atoms with Crippen LogP contribution in [-0.2, 0) is 32.3 Å². The molecule has 1 aliphatic heterocycles. The standard InChI is InChI=1S/C18H23N5O6S4/c1-23(2)10-12-3-4-13(29-12)11-30-8-7-20-18-22-33(27,28)16-9-14(5-6-15(16)31-18)32(25,26)21-17(19)24/h3-6,9H,7-8,10-11H2,1-2H3,(H,20,22)(H3,19,21,24). The fourth-order valence-corrected chi connectivity index (χ4v) is 7.11. The van der Waals surface area contributed by atoms with Crippen molar-refractivity contribution >= 4 is 54.8 Å². The molecule has 0 fully saturated rings. The van der Waals surface area contributed by atoms with Crippen LogP contribution in [0.2, 0.25) is 0 Å². The van der Waals surface area contributed by atoms with Crippen molar-refractivity contribution in [3.8, 4) is 0 Å². The number of carbonyl (C=O) groups is 1. The van der Waals surface area contributed by atoms with E-state index in [1.165, 1.54) is 12.1 Å². The van der Waals surface area contributed by atoms with Gasteiger partial charge >= 0.3 is 6.03 Å². The van der Waals surface area contributed by atoms with Gasteiger partial charge in [-0.25, -0.2) is 26.4 Å². The Kier molecular flexibility index (Phi) is 8.00. The Morgan fingerprint density at radius 3 is 2.70 bits per heavy atom. The highest BCUT2D eigenvalue weighted by molar-refractivity contribution is 8.16. The molecule has 0 unspecified atom stereocenters. The van der Waals surface area contributed by atoms with Gasteiger partial charge in [0.05, 0.1) is 23.7 Å². The van der Waals surface area contributed by atoms with Gasteiger partial charge in [0.15, 0.2) is 5.17 Å². The fraction of sp³-hybridized carbons (Fsp3) is 0.333. The van der Waals surface area contributed by atoms with Crippen LogP contribution in [0.1, 0.15) is 11.5 Å². The first kappa shape index (κ1) is 25.4. The number of nitrogens with one attached hydrogen (secondary N) is 2. The summed E-state index contributed by atoms with van der Waals surface area (Å²) >= 11 is 2.69. The Balaban J connectivity index is 1.60. The van der Waals surface area contributed by atoms with Crippen molar-refractivity contribution in [3.05, 3.63) is 41.9 Å². The second-order valence-electron chi connectivity index (χ2n) is 7.13. The van der Waals surface area contributed by atoms with Crippen LogP contribution in [0, 0.1) is 0 Å². The minimum absolute atomic E-state index is 0.195. The number of amides is 2. The molecule has 2 heterocycles. The average Bonchev–Trinajstić information content (AvgIpc) is 3.12. The minimum Gasteiger partial charge on any atom is -0.464 e. The lowest BCUT2D eigenvalue weighted by molar-refractivity contribution is 0.253. The number of hydrogen-bond acceptors (Lipinski definition) is 10. The van der Waals surface area contributed by atoms with E-state index in [1.54, 1.807) is 16.5 Å². The summed E-state index contributed by atoms with van der Waals surface area (Å²) in [5, 5.41) is 0.195. The lowest BCUT2D eigenvalue weighted by Crippen LogP contribution is -2.36. The number of sulfonamides is 2. The summed E-state index contributed by atoms with van der Waals surface area (Å²) < 4.78 is 59.1. The molecule has 0 atom stereocenters.